The SMILES string of the molecule is CNCC1CCCN1C(=O)c1ccc(COc2ccc(F)cc2)o1. The molecule has 3 rings (SSSR count). The van der Waals surface area contributed by atoms with Gasteiger partial charge in [0.05, 0.1) is 0 Å². The predicted octanol–water partition coefficient (Wildman–Crippen LogP) is 2.82. The lowest BCUT2D eigenvalue weighted by Gasteiger charge is -2.23. The lowest BCUT2D eigenvalue weighted by molar-refractivity contribution is 0.0700. The van der Waals surface area contributed by atoms with Crippen LogP contribution in [0.2, 0.25) is 0 Å². The van der Waals surface area contributed by atoms with Gasteiger partial charge in [0.15, 0.2) is 5.76 Å². The standard InChI is InChI=1S/C18H21FN2O3/c1-20-11-14-3-2-10-21(14)18(22)17-9-8-16(24-17)12-23-15-6-4-13(19)5-7-15/h4-9,14,20H,2-3,10-12H2,1H3. The highest BCUT2D eigenvalue weighted by molar-refractivity contribution is 5.92. The average Bonchev–Trinajstić information content (AvgIpc) is 3.23. The Labute approximate surface area is 140 Å². The van der Waals surface area contributed by atoms with E-state index in [4.69, 9.17) is 9.15 Å². The van der Waals surface area contributed by atoms with E-state index in [0.717, 1.165) is 25.9 Å². The van der Waals surface area contributed by atoms with E-state index >= 15 is 0 Å². The number of ether oxygens (including phenoxy) is 1. The van der Waals surface area contributed by atoms with Gasteiger partial charge in [-0.2, -0.15) is 0 Å². The maximum absolute atomic E-state index is 12.9. The zero-order valence-electron chi connectivity index (χ0n) is 13.6. The molecule has 1 saturated heterocycles. The van der Waals surface area contributed by atoms with E-state index in [9.17, 15) is 9.18 Å². The average molecular weight is 332 g/mol. The van der Waals surface area contributed by atoms with Gasteiger partial charge in [0, 0.05) is 19.1 Å². The van der Waals surface area contributed by atoms with Crippen LogP contribution in [-0.2, 0) is 6.61 Å². The summed E-state index contributed by atoms with van der Waals surface area (Å²) in [6.45, 7) is 1.74. The molecule has 0 radical (unpaired) electrons. The number of benzene rings is 1. The first-order valence-electron chi connectivity index (χ1n) is 8.10. The molecule has 0 aliphatic carbocycles. The van der Waals surface area contributed by atoms with Crippen LogP contribution in [0.15, 0.2) is 40.8 Å². The van der Waals surface area contributed by atoms with Crippen LogP contribution in [0.3, 0.4) is 0 Å². The van der Waals surface area contributed by atoms with Crippen molar-refractivity contribution in [3.05, 3.63) is 53.7 Å². The van der Waals surface area contributed by atoms with E-state index < -0.39 is 0 Å². The Kier molecular flexibility index (Phi) is 5.15. The van der Waals surface area contributed by atoms with Crippen molar-refractivity contribution in [2.24, 2.45) is 0 Å². The minimum atomic E-state index is -0.310. The van der Waals surface area contributed by atoms with Gasteiger partial charge in [-0.15, -0.1) is 0 Å². The Balaban J connectivity index is 1.60. The Morgan fingerprint density at radius 1 is 1.33 bits per heavy atom. The summed E-state index contributed by atoms with van der Waals surface area (Å²) in [4.78, 5) is 14.4. The molecular weight excluding hydrogens is 311 g/mol. The molecule has 6 heteroatoms. The predicted molar refractivity (Wildman–Crippen MR) is 87.4 cm³/mol. The number of carbonyl (C=O) groups excluding carboxylic acids is 1. The molecule has 1 aliphatic rings. The number of carbonyl (C=O) groups is 1. The van der Waals surface area contributed by atoms with E-state index in [1.54, 1.807) is 24.3 Å². The largest absolute Gasteiger partial charge is 0.486 e. The monoisotopic (exact) mass is 332 g/mol. The maximum atomic E-state index is 12.9. The molecule has 24 heavy (non-hydrogen) atoms. The van der Waals surface area contributed by atoms with E-state index in [0.29, 0.717) is 17.3 Å². The van der Waals surface area contributed by atoms with Crippen LogP contribution in [0.25, 0.3) is 0 Å². The highest BCUT2D eigenvalue weighted by atomic mass is 19.1. The second-order valence-electron chi connectivity index (χ2n) is 5.86. The summed E-state index contributed by atoms with van der Waals surface area (Å²) in [5.74, 6) is 1.05. The van der Waals surface area contributed by atoms with Crippen molar-refractivity contribution in [2.45, 2.75) is 25.5 Å². The minimum Gasteiger partial charge on any atom is -0.486 e. The summed E-state index contributed by atoms with van der Waals surface area (Å²) in [5, 5.41) is 3.12. The molecular formula is C18H21FN2O3. The van der Waals surface area contributed by atoms with Gasteiger partial charge in [-0.3, -0.25) is 4.79 Å². The smallest absolute Gasteiger partial charge is 0.289 e. The van der Waals surface area contributed by atoms with Crippen molar-refractivity contribution in [1.29, 1.82) is 0 Å². The summed E-state index contributed by atoms with van der Waals surface area (Å²) in [6, 6.07) is 9.41. The Morgan fingerprint density at radius 3 is 2.88 bits per heavy atom. The van der Waals surface area contributed by atoms with Crippen LogP contribution < -0.4 is 10.1 Å². The highest BCUT2D eigenvalue weighted by Gasteiger charge is 2.30. The number of likely N-dealkylation sites (tertiary alicyclic amines) is 1. The lowest BCUT2D eigenvalue weighted by Crippen LogP contribution is -2.40. The molecule has 0 spiro atoms. The Bertz CT molecular complexity index is 684. The van der Waals surface area contributed by atoms with Gasteiger partial charge in [-0.1, -0.05) is 0 Å². The molecule has 5 nitrogen and oxygen atoms in total. The molecule has 1 atom stereocenters. The van der Waals surface area contributed by atoms with Gasteiger partial charge in [0.2, 0.25) is 0 Å². The van der Waals surface area contributed by atoms with Crippen molar-refractivity contribution in [3.8, 4) is 5.75 Å². The summed E-state index contributed by atoms with van der Waals surface area (Å²) in [6.07, 6.45) is 2.02. The maximum Gasteiger partial charge on any atom is 0.289 e. The van der Waals surface area contributed by atoms with Crippen LogP contribution in [0.1, 0.15) is 29.2 Å². The first kappa shape index (κ1) is 16.5. The molecule has 1 N–H and O–H groups in total. The van der Waals surface area contributed by atoms with Gasteiger partial charge in [-0.05, 0) is 56.3 Å². The van der Waals surface area contributed by atoms with Crippen LogP contribution in [0.5, 0.6) is 5.75 Å². The topological polar surface area (TPSA) is 54.7 Å². The normalized spacial score (nSPS) is 17.2. The number of halogens is 1. The van der Waals surface area contributed by atoms with E-state index in [2.05, 4.69) is 5.32 Å². The van der Waals surface area contributed by atoms with Gasteiger partial charge < -0.3 is 19.4 Å². The van der Waals surface area contributed by atoms with Crippen molar-refractivity contribution >= 4 is 5.91 Å². The number of hydrogen-bond acceptors (Lipinski definition) is 4. The number of likely N-dealkylation sites (N-methyl/N-ethyl adjacent to an activating group) is 1. The van der Waals surface area contributed by atoms with Crippen LogP contribution >= 0.6 is 0 Å². The first-order valence-corrected chi connectivity index (χ1v) is 8.10. The van der Waals surface area contributed by atoms with Crippen molar-refractivity contribution in [3.63, 3.8) is 0 Å². The van der Waals surface area contributed by atoms with Crippen LogP contribution in [0, 0.1) is 5.82 Å². The van der Waals surface area contributed by atoms with Crippen molar-refractivity contribution < 1.29 is 18.3 Å². The summed E-state index contributed by atoms with van der Waals surface area (Å²) < 4.78 is 24.0. The molecule has 1 unspecified atom stereocenters. The molecule has 2 aromatic rings. The molecule has 0 bridgehead atoms. The number of hydrogen-bond donors (Lipinski definition) is 1. The zero-order chi connectivity index (χ0) is 16.9. The Morgan fingerprint density at radius 2 is 2.12 bits per heavy atom. The van der Waals surface area contributed by atoms with Crippen LogP contribution in [-0.4, -0.2) is 37.0 Å². The Hall–Kier alpha value is -2.34. The fourth-order valence-corrected chi connectivity index (χ4v) is 2.95. The summed E-state index contributed by atoms with van der Waals surface area (Å²) in [5.41, 5.74) is 0. The first-order chi connectivity index (χ1) is 11.7. The number of rotatable bonds is 6. The van der Waals surface area contributed by atoms with E-state index in [1.807, 2.05) is 11.9 Å². The highest BCUT2D eigenvalue weighted by Crippen LogP contribution is 2.21. The molecule has 1 fully saturated rings. The van der Waals surface area contributed by atoms with Gasteiger partial charge in [0.25, 0.3) is 5.91 Å². The lowest BCUT2D eigenvalue weighted by atomic mass is 10.2. The molecule has 2 heterocycles. The number of nitrogens with one attached hydrogen (secondary N) is 1. The van der Waals surface area contributed by atoms with Gasteiger partial charge >= 0.3 is 0 Å². The van der Waals surface area contributed by atoms with Gasteiger partial charge in [-0.25, -0.2) is 4.39 Å². The molecule has 128 valence electrons. The van der Waals surface area contributed by atoms with Gasteiger partial charge in [0.1, 0.15) is 23.9 Å². The second-order valence-corrected chi connectivity index (χ2v) is 5.86. The van der Waals surface area contributed by atoms with E-state index in [-0.39, 0.29) is 24.4 Å². The number of amides is 1. The van der Waals surface area contributed by atoms with Crippen molar-refractivity contribution in [2.75, 3.05) is 20.1 Å². The molecule has 1 aromatic carbocycles. The molecule has 0 saturated carbocycles. The van der Waals surface area contributed by atoms with Crippen molar-refractivity contribution in [1.82, 2.24) is 10.2 Å². The summed E-state index contributed by atoms with van der Waals surface area (Å²) >= 11 is 0. The third kappa shape index (κ3) is 3.76. The molecule has 1 aromatic heterocycles. The molecule has 1 amide bonds. The van der Waals surface area contributed by atoms with E-state index in [1.165, 1.54) is 12.1 Å². The third-order valence-corrected chi connectivity index (χ3v) is 4.14. The molecule has 1 aliphatic heterocycles. The zero-order valence-corrected chi connectivity index (χ0v) is 13.6. The second kappa shape index (κ2) is 7.49. The minimum absolute atomic E-state index is 0.0826. The third-order valence-electron chi connectivity index (χ3n) is 4.14. The summed E-state index contributed by atoms with van der Waals surface area (Å²) in [7, 11) is 1.89. The fraction of sp³-hybridized carbons (Fsp3) is 0.389. The van der Waals surface area contributed by atoms with Crippen LogP contribution in [0.4, 0.5) is 4.39 Å². The fourth-order valence-electron chi connectivity index (χ4n) is 2.95. The number of nitrogens with zero attached hydrogens (tertiary/aromatic N) is 1. The number of furan rings is 1. The quantitative estimate of drug-likeness (QED) is 0.884.